The van der Waals surface area contributed by atoms with Gasteiger partial charge in [-0.2, -0.15) is 0 Å². The quantitative estimate of drug-likeness (QED) is 0.520. The molecular formula is C19H20N6S. The Bertz CT molecular complexity index is 984. The van der Waals surface area contributed by atoms with Crippen molar-refractivity contribution in [3.63, 3.8) is 0 Å². The van der Waals surface area contributed by atoms with Crippen LogP contribution in [0.15, 0.2) is 54.6 Å². The summed E-state index contributed by atoms with van der Waals surface area (Å²) < 4.78 is 4.04. The number of aryl methyl sites for hydroxylation is 2. The van der Waals surface area contributed by atoms with Crippen molar-refractivity contribution in [2.75, 3.05) is 0 Å². The number of imidazole rings is 1. The molecule has 0 N–H and O–H groups in total. The minimum Gasteiger partial charge on any atom is -0.329 e. The van der Waals surface area contributed by atoms with Crippen molar-refractivity contribution in [3.8, 4) is 11.4 Å². The zero-order chi connectivity index (χ0) is 17.9. The predicted octanol–water partition coefficient (Wildman–Crippen LogP) is 3.95. The molecule has 0 bridgehead atoms. The van der Waals surface area contributed by atoms with E-state index in [2.05, 4.69) is 43.9 Å². The van der Waals surface area contributed by atoms with Crippen LogP contribution >= 0.6 is 11.3 Å². The van der Waals surface area contributed by atoms with Crippen molar-refractivity contribution < 1.29 is 0 Å². The summed E-state index contributed by atoms with van der Waals surface area (Å²) in [5.74, 6) is 0. The van der Waals surface area contributed by atoms with Crippen LogP contribution in [0.2, 0.25) is 0 Å². The molecule has 132 valence electrons. The summed E-state index contributed by atoms with van der Waals surface area (Å²) in [5, 5.41) is 8.88. The Labute approximate surface area is 156 Å². The Balaban J connectivity index is 1.77. The van der Waals surface area contributed by atoms with Crippen molar-refractivity contribution >= 4 is 11.3 Å². The van der Waals surface area contributed by atoms with E-state index < -0.39 is 0 Å². The summed E-state index contributed by atoms with van der Waals surface area (Å²) in [7, 11) is 0. The fourth-order valence-electron chi connectivity index (χ4n) is 3.11. The van der Waals surface area contributed by atoms with E-state index in [4.69, 9.17) is 0 Å². The summed E-state index contributed by atoms with van der Waals surface area (Å²) in [6, 6.07) is 10.3. The lowest BCUT2D eigenvalue weighted by Crippen LogP contribution is -2.13. The molecule has 0 aliphatic heterocycles. The SMILES string of the molecule is CCCn1cncc1-c1cn(C(c2ccccc2)c2scnc2C)nn1. The first kappa shape index (κ1) is 16.7. The molecule has 0 saturated carbocycles. The van der Waals surface area contributed by atoms with Crippen molar-refractivity contribution in [2.24, 2.45) is 0 Å². The second kappa shape index (κ2) is 7.21. The van der Waals surface area contributed by atoms with Crippen LogP contribution in [-0.2, 0) is 6.54 Å². The topological polar surface area (TPSA) is 61.4 Å². The van der Waals surface area contributed by atoms with Crippen molar-refractivity contribution in [1.29, 1.82) is 0 Å². The molecule has 0 saturated heterocycles. The Morgan fingerprint density at radius 1 is 1.19 bits per heavy atom. The highest BCUT2D eigenvalue weighted by Crippen LogP contribution is 2.32. The van der Waals surface area contributed by atoms with E-state index in [9.17, 15) is 0 Å². The van der Waals surface area contributed by atoms with E-state index >= 15 is 0 Å². The van der Waals surface area contributed by atoms with Gasteiger partial charge in [0.25, 0.3) is 0 Å². The van der Waals surface area contributed by atoms with E-state index in [1.807, 2.05) is 54.0 Å². The van der Waals surface area contributed by atoms with Gasteiger partial charge in [-0.15, -0.1) is 16.4 Å². The Morgan fingerprint density at radius 3 is 2.77 bits per heavy atom. The maximum atomic E-state index is 4.45. The Hall–Kier alpha value is -2.80. The third-order valence-corrected chi connectivity index (χ3v) is 5.34. The second-order valence-corrected chi connectivity index (χ2v) is 7.06. The van der Waals surface area contributed by atoms with Gasteiger partial charge < -0.3 is 4.57 Å². The molecule has 7 heteroatoms. The van der Waals surface area contributed by atoms with Crippen LogP contribution in [0.25, 0.3) is 11.4 Å². The number of benzene rings is 1. The Morgan fingerprint density at radius 2 is 2.04 bits per heavy atom. The molecule has 0 spiro atoms. The van der Waals surface area contributed by atoms with Crippen LogP contribution in [0, 0.1) is 6.92 Å². The number of thiazole rings is 1. The standard InChI is InChI=1S/C19H20N6S/c1-3-9-24-12-20-10-17(24)16-11-25(23-22-16)18(15-7-5-4-6-8-15)19-14(2)21-13-26-19/h4-8,10-13,18H,3,9H2,1-2H3. The Kier molecular flexibility index (Phi) is 4.62. The second-order valence-electron chi connectivity index (χ2n) is 6.17. The number of aromatic nitrogens is 6. The zero-order valence-corrected chi connectivity index (χ0v) is 15.6. The fraction of sp³-hybridized carbons (Fsp3) is 0.263. The lowest BCUT2D eigenvalue weighted by molar-refractivity contribution is 0.575. The van der Waals surface area contributed by atoms with E-state index in [1.54, 1.807) is 11.3 Å². The zero-order valence-electron chi connectivity index (χ0n) is 14.8. The largest absolute Gasteiger partial charge is 0.329 e. The molecule has 3 heterocycles. The van der Waals surface area contributed by atoms with Crippen LogP contribution in [0.3, 0.4) is 0 Å². The van der Waals surface area contributed by atoms with Gasteiger partial charge >= 0.3 is 0 Å². The van der Waals surface area contributed by atoms with Crippen molar-refractivity contribution in [3.05, 3.63) is 70.7 Å². The monoisotopic (exact) mass is 364 g/mol. The molecular weight excluding hydrogens is 344 g/mol. The maximum absolute atomic E-state index is 4.45. The summed E-state index contributed by atoms with van der Waals surface area (Å²) in [5.41, 5.74) is 5.90. The predicted molar refractivity (Wildman–Crippen MR) is 102 cm³/mol. The number of hydrogen-bond acceptors (Lipinski definition) is 5. The molecule has 0 radical (unpaired) electrons. The van der Waals surface area contributed by atoms with Gasteiger partial charge in [0, 0.05) is 6.54 Å². The molecule has 6 nitrogen and oxygen atoms in total. The normalized spacial score (nSPS) is 12.4. The first-order valence-corrected chi connectivity index (χ1v) is 9.53. The molecule has 4 aromatic rings. The third kappa shape index (κ3) is 3.06. The van der Waals surface area contributed by atoms with Crippen LogP contribution in [0.5, 0.6) is 0 Å². The van der Waals surface area contributed by atoms with Gasteiger partial charge in [-0.3, -0.25) is 0 Å². The molecule has 0 aliphatic rings. The third-order valence-electron chi connectivity index (χ3n) is 4.36. The highest BCUT2D eigenvalue weighted by molar-refractivity contribution is 7.09. The van der Waals surface area contributed by atoms with Gasteiger partial charge in [-0.05, 0) is 18.9 Å². The molecule has 0 aliphatic carbocycles. The molecule has 4 rings (SSSR count). The molecule has 3 aromatic heterocycles. The van der Waals surface area contributed by atoms with Crippen LogP contribution in [0.1, 0.15) is 35.5 Å². The summed E-state index contributed by atoms with van der Waals surface area (Å²) >= 11 is 1.65. The molecule has 0 fully saturated rings. The smallest absolute Gasteiger partial charge is 0.131 e. The fourth-order valence-corrected chi connectivity index (χ4v) is 4.03. The highest BCUT2D eigenvalue weighted by Gasteiger charge is 2.22. The number of nitrogens with zero attached hydrogens (tertiary/aromatic N) is 6. The molecule has 0 amide bonds. The molecule has 1 unspecified atom stereocenters. The summed E-state index contributed by atoms with van der Waals surface area (Å²) in [6.07, 6.45) is 6.74. The van der Waals surface area contributed by atoms with Gasteiger partial charge in [0.15, 0.2) is 0 Å². The van der Waals surface area contributed by atoms with E-state index in [0.717, 1.165) is 30.0 Å². The van der Waals surface area contributed by atoms with Gasteiger partial charge in [-0.1, -0.05) is 42.5 Å². The maximum Gasteiger partial charge on any atom is 0.131 e. The summed E-state index contributed by atoms with van der Waals surface area (Å²) in [4.78, 5) is 9.87. The average Bonchev–Trinajstić information content (AvgIpc) is 3.39. The molecule has 1 atom stereocenters. The van der Waals surface area contributed by atoms with Crippen LogP contribution < -0.4 is 0 Å². The highest BCUT2D eigenvalue weighted by atomic mass is 32.1. The van der Waals surface area contributed by atoms with Gasteiger partial charge in [0.1, 0.15) is 11.7 Å². The summed E-state index contributed by atoms with van der Waals surface area (Å²) in [6.45, 7) is 5.10. The number of rotatable bonds is 6. The van der Waals surface area contributed by atoms with Crippen LogP contribution in [-0.4, -0.2) is 29.5 Å². The van der Waals surface area contributed by atoms with E-state index in [-0.39, 0.29) is 6.04 Å². The van der Waals surface area contributed by atoms with E-state index in [0.29, 0.717) is 0 Å². The number of hydrogen-bond donors (Lipinski definition) is 0. The lowest BCUT2D eigenvalue weighted by atomic mass is 10.0. The minimum atomic E-state index is -0.0347. The van der Waals surface area contributed by atoms with Crippen molar-refractivity contribution in [2.45, 2.75) is 32.9 Å². The lowest BCUT2D eigenvalue weighted by Gasteiger charge is -2.16. The van der Waals surface area contributed by atoms with Gasteiger partial charge in [0.2, 0.25) is 0 Å². The van der Waals surface area contributed by atoms with E-state index in [1.165, 1.54) is 10.4 Å². The van der Waals surface area contributed by atoms with Gasteiger partial charge in [0.05, 0.1) is 40.5 Å². The molecule has 1 aromatic carbocycles. The van der Waals surface area contributed by atoms with Crippen molar-refractivity contribution in [1.82, 2.24) is 29.5 Å². The first-order chi connectivity index (χ1) is 12.8. The average molecular weight is 364 g/mol. The first-order valence-electron chi connectivity index (χ1n) is 8.65. The minimum absolute atomic E-state index is 0.0347. The molecule has 26 heavy (non-hydrogen) atoms. The van der Waals surface area contributed by atoms with Crippen LogP contribution in [0.4, 0.5) is 0 Å². The van der Waals surface area contributed by atoms with Gasteiger partial charge in [-0.25, -0.2) is 14.6 Å².